The molecule has 1 aliphatic rings. The molecule has 0 aromatic heterocycles. The van der Waals surface area contributed by atoms with Gasteiger partial charge < -0.3 is 45.1 Å². The lowest BCUT2D eigenvalue weighted by atomic mass is 9.99. The van der Waals surface area contributed by atoms with Crippen LogP contribution in [0, 0.1) is 0 Å². The van der Waals surface area contributed by atoms with Gasteiger partial charge in [-0.25, -0.2) is 0 Å². The summed E-state index contributed by atoms with van der Waals surface area (Å²) in [6, 6.07) is -1.04. The summed E-state index contributed by atoms with van der Waals surface area (Å²) < 4.78 is 17.5. The van der Waals surface area contributed by atoms with Crippen molar-refractivity contribution in [3.05, 3.63) is 85.1 Å². The molecule has 1 aliphatic heterocycles. The average molecular weight is 970 g/mol. The van der Waals surface area contributed by atoms with E-state index in [1.807, 2.05) is 54.7 Å². The Balaban J connectivity index is 2.81. The number of carbonyl (C=O) groups excluding carboxylic acids is 2. The van der Waals surface area contributed by atoms with Crippen LogP contribution in [0.25, 0.3) is 0 Å². The average Bonchev–Trinajstić information content (AvgIpc) is 3.34. The maximum atomic E-state index is 13.3. The number of aliphatic hydroxyl groups excluding tert-OH is 5. The van der Waals surface area contributed by atoms with Gasteiger partial charge in [-0.3, -0.25) is 9.59 Å². The van der Waals surface area contributed by atoms with Gasteiger partial charge in [0.1, 0.15) is 24.4 Å². The Morgan fingerprint density at radius 2 is 1.06 bits per heavy atom. The van der Waals surface area contributed by atoms with Gasteiger partial charge in [0, 0.05) is 6.42 Å². The van der Waals surface area contributed by atoms with Crippen LogP contribution in [0.4, 0.5) is 0 Å². The number of esters is 1. The topological polar surface area (TPSA) is 175 Å². The fraction of sp³-hybridized carbons (Fsp3) is 0.724. The molecule has 396 valence electrons. The first-order chi connectivity index (χ1) is 33.7. The van der Waals surface area contributed by atoms with Gasteiger partial charge in [0.2, 0.25) is 5.91 Å². The maximum Gasteiger partial charge on any atom is 0.306 e. The van der Waals surface area contributed by atoms with Crippen molar-refractivity contribution in [2.75, 3.05) is 13.2 Å². The van der Waals surface area contributed by atoms with E-state index in [9.17, 15) is 35.1 Å². The van der Waals surface area contributed by atoms with Gasteiger partial charge in [-0.1, -0.05) is 215 Å². The van der Waals surface area contributed by atoms with Crippen molar-refractivity contribution in [1.29, 1.82) is 0 Å². The van der Waals surface area contributed by atoms with E-state index in [-0.39, 0.29) is 19.4 Å². The fourth-order valence-corrected chi connectivity index (χ4v) is 8.02. The van der Waals surface area contributed by atoms with Crippen molar-refractivity contribution in [1.82, 2.24) is 5.32 Å². The highest BCUT2D eigenvalue weighted by molar-refractivity contribution is 5.80. The van der Waals surface area contributed by atoms with Crippen molar-refractivity contribution < 1.29 is 49.3 Å². The van der Waals surface area contributed by atoms with Gasteiger partial charge in [0.15, 0.2) is 12.4 Å². The Morgan fingerprint density at radius 1 is 0.580 bits per heavy atom. The zero-order valence-electron chi connectivity index (χ0n) is 43.4. The molecule has 0 aliphatic carbocycles. The Bertz CT molecular complexity index is 1440. The van der Waals surface area contributed by atoms with Crippen LogP contribution in [0.5, 0.6) is 0 Å². The molecule has 8 atom stereocenters. The third kappa shape index (κ3) is 34.7. The number of aliphatic hydroxyl groups is 5. The van der Waals surface area contributed by atoms with Crippen molar-refractivity contribution in [3.63, 3.8) is 0 Å². The summed E-state index contributed by atoms with van der Waals surface area (Å²) in [6.45, 7) is 5.57. The Labute approximate surface area is 419 Å². The first-order valence-electron chi connectivity index (χ1n) is 27.4. The van der Waals surface area contributed by atoms with Crippen molar-refractivity contribution in [3.8, 4) is 0 Å². The van der Waals surface area contributed by atoms with Crippen LogP contribution >= 0.6 is 0 Å². The van der Waals surface area contributed by atoms with Crippen LogP contribution in [-0.2, 0) is 23.8 Å². The van der Waals surface area contributed by atoms with Gasteiger partial charge in [0.05, 0.1) is 25.4 Å². The molecule has 1 amide bonds. The van der Waals surface area contributed by atoms with Gasteiger partial charge >= 0.3 is 5.97 Å². The summed E-state index contributed by atoms with van der Waals surface area (Å²) in [7, 11) is 0. The molecule has 0 spiro atoms. The second kappa shape index (κ2) is 45.9. The van der Waals surface area contributed by atoms with E-state index in [1.165, 1.54) is 89.9 Å². The predicted molar refractivity (Wildman–Crippen MR) is 282 cm³/mol. The number of amides is 1. The second-order valence-corrected chi connectivity index (χ2v) is 18.7. The highest BCUT2D eigenvalue weighted by Crippen LogP contribution is 2.26. The number of ether oxygens (including phenoxy) is 3. The van der Waals surface area contributed by atoms with Crippen molar-refractivity contribution in [2.45, 2.75) is 256 Å². The van der Waals surface area contributed by atoms with Crippen molar-refractivity contribution in [2.24, 2.45) is 0 Å². The number of hydrogen-bond acceptors (Lipinski definition) is 10. The molecule has 0 saturated carbocycles. The largest absolute Gasteiger partial charge is 0.454 e. The maximum absolute atomic E-state index is 13.3. The minimum Gasteiger partial charge on any atom is -0.454 e. The van der Waals surface area contributed by atoms with Crippen LogP contribution < -0.4 is 5.32 Å². The van der Waals surface area contributed by atoms with E-state index in [4.69, 9.17) is 14.2 Å². The zero-order valence-corrected chi connectivity index (χ0v) is 43.4. The molecule has 8 unspecified atom stereocenters. The summed E-state index contributed by atoms with van der Waals surface area (Å²) in [4.78, 5) is 26.4. The number of hydrogen-bond donors (Lipinski definition) is 6. The molecule has 0 bridgehead atoms. The fourth-order valence-electron chi connectivity index (χ4n) is 8.02. The number of nitrogens with one attached hydrogen (secondary N) is 1. The minimum atomic E-state index is -1.64. The summed E-state index contributed by atoms with van der Waals surface area (Å²) >= 11 is 0. The van der Waals surface area contributed by atoms with E-state index in [1.54, 1.807) is 6.08 Å². The number of carbonyl (C=O) groups is 2. The van der Waals surface area contributed by atoms with Crippen LogP contribution in [0.1, 0.15) is 207 Å². The summed E-state index contributed by atoms with van der Waals surface area (Å²) in [5.74, 6) is -1.26. The summed E-state index contributed by atoms with van der Waals surface area (Å²) in [5.41, 5.74) is 0. The normalized spacial score (nSPS) is 20.5. The molecule has 0 aromatic carbocycles. The van der Waals surface area contributed by atoms with Crippen LogP contribution in [-0.4, -0.2) is 99.6 Å². The molecule has 69 heavy (non-hydrogen) atoms. The molecule has 1 heterocycles. The Kier molecular flexibility index (Phi) is 42.5. The van der Waals surface area contributed by atoms with E-state index < -0.39 is 67.4 Å². The summed E-state index contributed by atoms with van der Waals surface area (Å²) in [5, 5.41) is 56.6. The monoisotopic (exact) mass is 970 g/mol. The Morgan fingerprint density at radius 3 is 1.61 bits per heavy atom. The molecule has 0 aromatic rings. The first-order valence-corrected chi connectivity index (χ1v) is 27.4. The van der Waals surface area contributed by atoms with Gasteiger partial charge in [-0.15, -0.1) is 0 Å². The minimum absolute atomic E-state index is 0.0690. The van der Waals surface area contributed by atoms with Gasteiger partial charge in [-0.2, -0.15) is 0 Å². The molecule has 1 fully saturated rings. The lowest BCUT2D eigenvalue weighted by molar-refractivity contribution is -0.305. The molecule has 11 heteroatoms. The molecule has 6 N–H and O–H groups in total. The molecule has 0 radical (unpaired) electrons. The van der Waals surface area contributed by atoms with E-state index >= 15 is 0 Å². The highest BCUT2D eigenvalue weighted by atomic mass is 16.7. The van der Waals surface area contributed by atoms with Gasteiger partial charge in [-0.05, 0) is 70.6 Å². The third-order valence-electron chi connectivity index (χ3n) is 12.4. The van der Waals surface area contributed by atoms with Crippen molar-refractivity contribution >= 4 is 11.9 Å². The van der Waals surface area contributed by atoms with Crippen LogP contribution in [0.15, 0.2) is 85.1 Å². The summed E-state index contributed by atoms with van der Waals surface area (Å²) in [6.07, 6.45) is 47.7. The Hall–Kier alpha value is -3.16. The first kappa shape index (κ1) is 63.9. The number of allylic oxidation sites excluding steroid dienone is 13. The molecule has 1 rings (SSSR count). The molecule has 11 nitrogen and oxygen atoms in total. The van der Waals surface area contributed by atoms with Crippen LogP contribution in [0.2, 0.25) is 0 Å². The third-order valence-corrected chi connectivity index (χ3v) is 12.4. The standard InChI is InChI=1S/C58H99NO10/c1-4-7-10-13-16-19-22-25-26-28-31-34-37-40-43-46-53(63)69-56-55(65)54(64)52(47-60)68-58(56)67-48-49(50(61)44-41-38-35-32-29-24-21-18-15-12-9-6-3)59-57(66)51(62)45-42-39-36-33-30-27-23-20-17-14-11-8-5-2/h7,10,13,16,19,22,25-26,28,30-31,33,41,44,49-52,54-56,58,60-62,64-65H,4-6,8-9,11-12,14-15,17-18,20-21,23-24,27,29,32,34-40,42-43,45-48H2,1-3H3,(H,59,66)/b10-7+,16-13+,22-19-,26-25-,31-28+,33-30-,44-41+. The predicted octanol–water partition coefficient (Wildman–Crippen LogP) is 11.8. The van der Waals surface area contributed by atoms with Crippen LogP contribution in [0.3, 0.4) is 0 Å². The van der Waals surface area contributed by atoms with E-state index in [2.05, 4.69) is 50.4 Å². The lowest BCUT2D eigenvalue weighted by Gasteiger charge is -2.41. The smallest absolute Gasteiger partial charge is 0.306 e. The second-order valence-electron chi connectivity index (χ2n) is 18.7. The number of unbranched alkanes of at least 4 members (excludes halogenated alkanes) is 22. The van der Waals surface area contributed by atoms with E-state index in [0.29, 0.717) is 12.8 Å². The quantitative estimate of drug-likeness (QED) is 0.0149. The number of rotatable bonds is 44. The lowest BCUT2D eigenvalue weighted by Crippen LogP contribution is -2.61. The molecular formula is C58H99NO10. The van der Waals surface area contributed by atoms with Gasteiger partial charge in [0.25, 0.3) is 0 Å². The van der Waals surface area contributed by atoms with E-state index in [0.717, 1.165) is 70.6 Å². The molecule has 1 saturated heterocycles. The SMILES string of the molecule is CC/C=C/C=C/C=C\C=C/C=C/CCCCCC(=O)OC1C(OCC(NC(=O)C(O)CCCC/C=C\CCCCCCCCC)C(O)/C=C/CCCCCCCCCCCC)OC(CO)C(O)C1O. The zero-order chi connectivity index (χ0) is 50.4. The molecular weight excluding hydrogens is 871 g/mol. The highest BCUT2D eigenvalue weighted by Gasteiger charge is 2.47.